The first-order chi connectivity index (χ1) is 15.9. The molecule has 1 heterocycles. The Kier molecular flexibility index (Phi) is 6.65. The molecule has 1 unspecified atom stereocenters. The average Bonchev–Trinajstić information content (AvgIpc) is 3.22. The molecule has 0 aliphatic heterocycles. The molecule has 8 heteroatoms. The Hall–Kier alpha value is -3.78. The fourth-order valence-electron chi connectivity index (χ4n) is 3.54. The highest BCUT2D eigenvalue weighted by Gasteiger charge is 2.20. The van der Waals surface area contributed by atoms with Gasteiger partial charge in [-0.25, -0.2) is 9.37 Å². The van der Waals surface area contributed by atoms with Gasteiger partial charge in [-0.05, 0) is 63.5 Å². The molecule has 0 saturated heterocycles. The van der Waals surface area contributed by atoms with Crippen LogP contribution in [0.3, 0.4) is 0 Å². The second-order valence-corrected chi connectivity index (χ2v) is 8.23. The second-order valence-electron chi connectivity index (χ2n) is 7.38. The molecule has 4 aromatic rings. The number of carboxylic acid groups (broad SMARTS) is 1. The van der Waals surface area contributed by atoms with Gasteiger partial charge in [-0.3, -0.25) is 9.59 Å². The monoisotopic (exact) mass is 507 g/mol. The van der Waals surface area contributed by atoms with Crippen molar-refractivity contribution in [2.24, 2.45) is 0 Å². The number of rotatable bonds is 7. The highest BCUT2D eigenvalue weighted by Crippen LogP contribution is 2.28. The maximum atomic E-state index is 13.4. The molecule has 3 aromatic carbocycles. The summed E-state index contributed by atoms with van der Waals surface area (Å²) in [4.78, 5) is 28.3. The van der Waals surface area contributed by atoms with E-state index >= 15 is 0 Å². The smallest absolute Gasteiger partial charge is 0.305 e. The molecular weight excluding hydrogens is 489 g/mol. The van der Waals surface area contributed by atoms with Gasteiger partial charge in [0.05, 0.1) is 34.3 Å². The van der Waals surface area contributed by atoms with Crippen LogP contribution in [0.4, 0.5) is 10.1 Å². The molecule has 2 N–H and O–H groups in total. The summed E-state index contributed by atoms with van der Waals surface area (Å²) in [6.07, 6.45) is 4.45. The molecule has 1 aromatic heterocycles. The van der Waals surface area contributed by atoms with Crippen LogP contribution < -0.4 is 5.32 Å². The maximum Gasteiger partial charge on any atom is 0.305 e. The Morgan fingerprint density at radius 3 is 2.64 bits per heavy atom. The van der Waals surface area contributed by atoms with Gasteiger partial charge in [-0.1, -0.05) is 36.4 Å². The Balaban J connectivity index is 1.59. The zero-order chi connectivity index (χ0) is 23.4. The van der Waals surface area contributed by atoms with Gasteiger partial charge >= 0.3 is 5.97 Å². The molecule has 0 bridgehead atoms. The van der Waals surface area contributed by atoms with Crippen molar-refractivity contribution in [1.29, 1.82) is 0 Å². The number of nitrogens with zero attached hydrogens (tertiary/aromatic N) is 2. The largest absolute Gasteiger partial charge is 0.481 e. The van der Waals surface area contributed by atoms with Crippen molar-refractivity contribution in [3.8, 4) is 0 Å². The lowest BCUT2D eigenvalue weighted by molar-refractivity contribution is -0.137. The van der Waals surface area contributed by atoms with E-state index in [1.807, 2.05) is 30.3 Å². The third-order valence-electron chi connectivity index (χ3n) is 5.10. The van der Waals surface area contributed by atoms with Crippen molar-refractivity contribution in [3.63, 3.8) is 0 Å². The lowest BCUT2D eigenvalue weighted by Gasteiger charge is -2.18. The van der Waals surface area contributed by atoms with Crippen LogP contribution in [0.5, 0.6) is 0 Å². The summed E-state index contributed by atoms with van der Waals surface area (Å²) < 4.78 is 15.5. The van der Waals surface area contributed by atoms with Gasteiger partial charge in [-0.2, -0.15) is 0 Å². The van der Waals surface area contributed by atoms with Crippen LogP contribution in [0, 0.1) is 5.82 Å². The third-order valence-corrected chi connectivity index (χ3v) is 5.71. The van der Waals surface area contributed by atoms with Gasteiger partial charge in [0, 0.05) is 11.8 Å². The highest BCUT2D eigenvalue weighted by molar-refractivity contribution is 9.10. The van der Waals surface area contributed by atoms with Crippen LogP contribution in [-0.4, -0.2) is 26.5 Å². The molecule has 0 fully saturated rings. The number of aromatic nitrogens is 2. The minimum absolute atomic E-state index is 0.109. The normalized spacial score (nSPS) is 12.2. The molecule has 1 atom stereocenters. The van der Waals surface area contributed by atoms with Gasteiger partial charge in [0.1, 0.15) is 5.82 Å². The van der Waals surface area contributed by atoms with E-state index < -0.39 is 12.0 Å². The molecule has 0 aliphatic rings. The van der Waals surface area contributed by atoms with E-state index in [-0.39, 0.29) is 18.1 Å². The van der Waals surface area contributed by atoms with Crippen LogP contribution in [0.15, 0.2) is 83.6 Å². The van der Waals surface area contributed by atoms with Gasteiger partial charge in [0.25, 0.3) is 0 Å². The summed E-state index contributed by atoms with van der Waals surface area (Å²) in [5, 5.41) is 12.3. The number of halogens is 2. The number of anilines is 1. The highest BCUT2D eigenvalue weighted by atomic mass is 79.9. The summed E-state index contributed by atoms with van der Waals surface area (Å²) >= 11 is 3.12. The number of hydrogen-bond acceptors (Lipinski definition) is 3. The second kappa shape index (κ2) is 9.79. The molecule has 166 valence electrons. The minimum atomic E-state index is -0.923. The average molecular weight is 508 g/mol. The summed E-state index contributed by atoms with van der Waals surface area (Å²) in [5.41, 5.74) is 3.45. The fourth-order valence-corrected chi connectivity index (χ4v) is 3.94. The lowest BCUT2D eigenvalue weighted by atomic mass is 10.0. The fraction of sp³-hybridized carbons (Fsp3) is 0.0800. The van der Waals surface area contributed by atoms with E-state index in [9.17, 15) is 19.1 Å². The van der Waals surface area contributed by atoms with E-state index in [0.29, 0.717) is 26.8 Å². The molecule has 1 amide bonds. The number of carbonyl (C=O) groups is 2. The topological polar surface area (TPSA) is 84.2 Å². The Bertz CT molecular complexity index is 1350. The number of amides is 1. The maximum absolute atomic E-state index is 13.4. The number of benzene rings is 3. The number of imidazole rings is 1. The molecule has 0 saturated carbocycles. The van der Waals surface area contributed by atoms with Gasteiger partial charge < -0.3 is 15.0 Å². The van der Waals surface area contributed by atoms with Crippen LogP contribution >= 0.6 is 15.9 Å². The Morgan fingerprint density at radius 1 is 1.12 bits per heavy atom. The van der Waals surface area contributed by atoms with Crippen LogP contribution in [0.1, 0.15) is 23.6 Å². The van der Waals surface area contributed by atoms with Crippen LogP contribution in [0.2, 0.25) is 0 Å². The minimum Gasteiger partial charge on any atom is -0.481 e. The van der Waals surface area contributed by atoms with Crippen LogP contribution in [0.25, 0.3) is 17.1 Å². The molecule has 6 nitrogen and oxygen atoms in total. The summed E-state index contributed by atoms with van der Waals surface area (Å²) in [7, 11) is 0. The number of fused-ring (bicyclic) bond motifs is 1. The predicted octanol–water partition coefficient (Wildman–Crippen LogP) is 5.65. The predicted molar refractivity (Wildman–Crippen MR) is 128 cm³/mol. The number of aliphatic carboxylic acids is 1. The van der Waals surface area contributed by atoms with E-state index in [4.69, 9.17) is 0 Å². The van der Waals surface area contributed by atoms with Crippen molar-refractivity contribution >= 4 is 50.6 Å². The van der Waals surface area contributed by atoms with Crippen molar-refractivity contribution in [2.45, 2.75) is 12.5 Å². The summed E-state index contributed by atoms with van der Waals surface area (Å²) in [6, 6.07) is 18.6. The standard InChI is InChI=1S/C25H19BrFN3O3/c26-19-12-16(6-9-20(19)27)7-11-24(31)29-18-8-10-21-23(13-18)30(15-28-21)22(14-25(32)33)17-4-2-1-3-5-17/h1-13,15,22H,14H2,(H,29,31)(H,32,33)/b11-7+. The quantitative estimate of drug-likeness (QED) is 0.316. The summed E-state index contributed by atoms with van der Waals surface area (Å²) in [5.74, 6) is -1.66. The first kappa shape index (κ1) is 22.4. The molecule has 0 radical (unpaired) electrons. The van der Waals surface area contributed by atoms with Crippen molar-refractivity contribution in [2.75, 3.05) is 5.32 Å². The SMILES string of the molecule is O=C(O)CC(c1ccccc1)n1cnc2ccc(NC(=O)/C=C/c3ccc(F)c(Br)c3)cc21. The zero-order valence-corrected chi connectivity index (χ0v) is 18.9. The number of carboxylic acids is 1. The van der Waals surface area contributed by atoms with Crippen molar-refractivity contribution < 1.29 is 19.1 Å². The lowest BCUT2D eigenvalue weighted by Crippen LogP contribution is -2.14. The molecular formula is C25H19BrFN3O3. The van der Waals surface area contributed by atoms with Gasteiger partial charge in [0.2, 0.25) is 5.91 Å². The van der Waals surface area contributed by atoms with E-state index in [1.165, 1.54) is 12.1 Å². The molecule has 0 aliphatic carbocycles. The van der Waals surface area contributed by atoms with Crippen LogP contribution in [-0.2, 0) is 9.59 Å². The van der Waals surface area contributed by atoms with Crippen molar-refractivity contribution in [3.05, 3.63) is 101 Å². The van der Waals surface area contributed by atoms with E-state index in [2.05, 4.69) is 26.2 Å². The third kappa shape index (κ3) is 5.35. The molecule has 0 spiro atoms. The van der Waals surface area contributed by atoms with E-state index in [0.717, 1.165) is 5.56 Å². The van der Waals surface area contributed by atoms with Gasteiger partial charge in [-0.15, -0.1) is 0 Å². The van der Waals surface area contributed by atoms with Gasteiger partial charge in [0.15, 0.2) is 0 Å². The number of nitrogens with one attached hydrogen (secondary N) is 1. The van der Waals surface area contributed by atoms with E-state index in [1.54, 1.807) is 47.3 Å². The first-order valence-electron chi connectivity index (χ1n) is 10.1. The number of hydrogen-bond donors (Lipinski definition) is 2. The Labute approximate surface area is 197 Å². The summed E-state index contributed by atoms with van der Waals surface area (Å²) in [6.45, 7) is 0. The zero-order valence-electron chi connectivity index (χ0n) is 17.3. The molecule has 33 heavy (non-hydrogen) atoms. The molecule has 4 rings (SSSR count). The Morgan fingerprint density at radius 2 is 1.91 bits per heavy atom. The van der Waals surface area contributed by atoms with Crippen molar-refractivity contribution in [1.82, 2.24) is 9.55 Å². The first-order valence-corrected chi connectivity index (χ1v) is 10.9. The number of carbonyl (C=O) groups excluding carboxylic acids is 1.